The molecule has 0 aromatic heterocycles. The summed E-state index contributed by atoms with van der Waals surface area (Å²) in [4.78, 5) is 2.59. The molecule has 1 saturated heterocycles. The third-order valence-corrected chi connectivity index (χ3v) is 3.39. The topological polar surface area (TPSA) is 3.24 Å². The number of alkyl halides is 1. The molecule has 0 N–H and O–H groups in total. The summed E-state index contributed by atoms with van der Waals surface area (Å²) in [6, 6.07) is 0. The van der Waals surface area contributed by atoms with Gasteiger partial charge in [-0.3, -0.25) is 0 Å². The summed E-state index contributed by atoms with van der Waals surface area (Å²) in [5, 5.41) is 1.14. The van der Waals surface area contributed by atoms with Gasteiger partial charge >= 0.3 is 0 Å². The van der Waals surface area contributed by atoms with Crippen molar-refractivity contribution >= 4 is 15.9 Å². The molecule has 1 heterocycles. The molecular weight excluding hydrogens is 202 g/mol. The molecular formula is C9H18BrN. The summed E-state index contributed by atoms with van der Waals surface area (Å²) < 4.78 is 0. The highest BCUT2D eigenvalue weighted by atomic mass is 79.9. The molecule has 1 unspecified atom stereocenters. The summed E-state index contributed by atoms with van der Waals surface area (Å²) >= 11 is 3.51. The number of likely N-dealkylation sites (tertiary alicyclic amines) is 1. The molecule has 0 radical (unpaired) electrons. The lowest BCUT2D eigenvalue weighted by Crippen LogP contribution is -2.33. The van der Waals surface area contributed by atoms with Gasteiger partial charge in [0.05, 0.1) is 0 Å². The zero-order valence-electron chi connectivity index (χ0n) is 7.35. The largest absolute Gasteiger partial charge is 0.303 e. The van der Waals surface area contributed by atoms with Gasteiger partial charge in [-0.15, -0.1) is 0 Å². The lowest BCUT2D eigenvalue weighted by Gasteiger charge is -2.28. The van der Waals surface area contributed by atoms with Crippen LogP contribution in [-0.4, -0.2) is 29.9 Å². The monoisotopic (exact) mass is 219 g/mol. The lowest BCUT2D eigenvalue weighted by atomic mass is 10.1. The van der Waals surface area contributed by atoms with Crippen LogP contribution in [-0.2, 0) is 0 Å². The van der Waals surface area contributed by atoms with Gasteiger partial charge in [0, 0.05) is 11.9 Å². The van der Waals surface area contributed by atoms with E-state index >= 15 is 0 Å². The molecule has 1 rings (SSSR count). The smallest absolute Gasteiger partial charge is 0.00692 e. The fraction of sp³-hybridized carbons (Fsp3) is 1.00. The summed E-state index contributed by atoms with van der Waals surface area (Å²) in [5.41, 5.74) is 0. The van der Waals surface area contributed by atoms with Crippen LogP contribution < -0.4 is 0 Å². The van der Waals surface area contributed by atoms with Crippen LogP contribution in [0.2, 0.25) is 0 Å². The number of hydrogen-bond donors (Lipinski definition) is 0. The maximum Gasteiger partial charge on any atom is 0.00692 e. The van der Waals surface area contributed by atoms with Crippen LogP contribution in [0, 0.1) is 5.92 Å². The van der Waals surface area contributed by atoms with Gasteiger partial charge < -0.3 is 4.90 Å². The molecule has 1 fully saturated rings. The van der Waals surface area contributed by atoms with Crippen molar-refractivity contribution in [2.24, 2.45) is 5.92 Å². The Hall–Kier alpha value is 0.440. The maximum atomic E-state index is 3.51. The number of halogens is 1. The second-order valence-electron chi connectivity index (χ2n) is 3.62. The maximum absolute atomic E-state index is 3.51. The van der Waals surface area contributed by atoms with Crippen LogP contribution in [0.25, 0.3) is 0 Å². The van der Waals surface area contributed by atoms with Crippen LogP contribution in [0.15, 0.2) is 0 Å². The van der Waals surface area contributed by atoms with E-state index in [2.05, 4.69) is 27.8 Å². The minimum atomic E-state index is 0.813. The summed E-state index contributed by atoms with van der Waals surface area (Å²) in [6.07, 6.45) is 4.27. The standard InChI is InChI=1S/C9H18BrN/c1-9(7-10)8-11-5-3-2-4-6-11/h9H,2-8H2,1H3. The van der Waals surface area contributed by atoms with Gasteiger partial charge in [-0.25, -0.2) is 0 Å². The first-order valence-electron chi connectivity index (χ1n) is 4.61. The second-order valence-corrected chi connectivity index (χ2v) is 4.27. The molecule has 11 heavy (non-hydrogen) atoms. The Labute approximate surface area is 78.3 Å². The van der Waals surface area contributed by atoms with Crippen molar-refractivity contribution in [2.75, 3.05) is 25.0 Å². The molecule has 0 saturated carbocycles. The Morgan fingerprint density at radius 3 is 2.45 bits per heavy atom. The first kappa shape index (κ1) is 9.53. The lowest BCUT2D eigenvalue weighted by molar-refractivity contribution is 0.207. The molecule has 0 bridgehead atoms. The molecule has 0 aromatic rings. The molecule has 1 aliphatic rings. The normalized spacial score (nSPS) is 23.5. The van der Waals surface area contributed by atoms with Gasteiger partial charge in [-0.2, -0.15) is 0 Å². The van der Waals surface area contributed by atoms with Gasteiger partial charge in [0.15, 0.2) is 0 Å². The first-order valence-corrected chi connectivity index (χ1v) is 5.73. The van der Waals surface area contributed by atoms with Gasteiger partial charge in [0.2, 0.25) is 0 Å². The molecule has 0 spiro atoms. The van der Waals surface area contributed by atoms with Crippen molar-refractivity contribution in [3.8, 4) is 0 Å². The first-order chi connectivity index (χ1) is 5.33. The van der Waals surface area contributed by atoms with E-state index in [0.29, 0.717) is 0 Å². The Morgan fingerprint density at radius 1 is 1.27 bits per heavy atom. The van der Waals surface area contributed by atoms with E-state index in [0.717, 1.165) is 11.2 Å². The van der Waals surface area contributed by atoms with Crippen molar-refractivity contribution < 1.29 is 0 Å². The van der Waals surface area contributed by atoms with Crippen molar-refractivity contribution in [2.45, 2.75) is 26.2 Å². The van der Waals surface area contributed by atoms with E-state index in [-0.39, 0.29) is 0 Å². The molecule has 2 heteroatoms. The fourth-order valence-electron chi connectivity index (χ4n) is 1.63. The SMILES string of the molecule is CC(CBr)CN1CCCCC1. The van der Waals surface area contributed by atoms with Crippen LogP contribution in [0.4, 0.5) is 0 Å². The molecule has 1 atom stereocenters. The zero-order valence-corrected chi connectivity index (χ0v) is 8.94. The van der Waals surface area contributed by atoms with E-state index in [1.54, 1.807) is 0 Å². The van der Waals surface area contributed by atoms with Crippen molar-refractivity contribution in [3.63, 3.8) is 0 Å². The van der Waals surface area contributed by atoms with Crippen molar-refractivity contribution in [3.05, 3.63) is 0 Å². The van der Waals surface area contributed by atoms with E-state index in [4.69, 9.17) is 0 Å². The highest BCUT2D eigenvalue weighted by Gasteiger charge is 2.11. The highest BCUT2D eigenvalue weighted by Crippen LogP contribution is 2.11. The molecule has 66 valence electrons. The van der Waals surface area contributed by atoms with Gasteiger partial charge in [0.25, 0.3) is 0 Å². The van der Waals surface area contributed by atoms with E-state index in [9.17, 15) is 0 Å². The van der Waals surface area contributed by atoms with Gasteiger partial charge in [-0.05, 0) is 31.8 Å². The second kappa shape index (κ2) is 5.15. The Morgan fingerprint density at radius 2 is 1.91 bits per heavy atom. The van der Waals surface area contributed by atoms with Crippen LogP contribution in [0.5, 0.6) is 0 Å². The highest BCUT2D eigenvalue weighted by molar-refractivity contribution is 9.09. The predicted molar refractivity (Wildman–Crippen MR) is 53.2 cm³/mol. The Bertz CT molecular complexity index is 99.7. The Balaban J connectivity index is 2.13. The molecule has 1 aliphatic heterocycles. The zero-order chi connectivity index (χ0) is 8.10. The summed E-state index contributed by atoms with van der Waals surface area (Å²) in [5.74, 6) is 0.813. The summed E-state index contributed by atoms with van der Waals surface area (Å²) in [6.45, 7) is 6.25. The third-order valence-electron chi connectivity index (χ3n) is 2.28. The minimum Gasteiger partial charge on any atom is -0.303 e. The average Bonchev–Trinajstić information content (AvgIpc) is 2.06. The Kier molecular flexibility index (Phi) is 4.46. The van der Waals surface area contributed by atoms with Gasteiger partial charge in [0.1, 0.15) is 0 Å². The molecule has 0 amide bonds. The number of nitrogens with zero attached hydrogens (tertiary/aromatic N) is 1. The molecule has 0 aliphatic carbocycles. The van der Waals surface area contributed by atoms with Crippen molar-refractivity contribution in [1.82, 2.24) is 4.90 Å². The van der Waals surface area contributed by atoms with Crippen LogP contribution in [0.3, 0.4) is 0 Å². The van der Waals surface area contributed by atoms with Crippen LogP contribution in [0.1, 0.15) is 26.2 Å². The van der Waals surface area contributed by atoms with E-state index < -0.39 is 0 Å². The van der Waals surface area contributed by atoms with Crippen LogP contribution >= 0.6 is 15.9 Å². The predicted octanol–water partition coefficient (Wildman–Crippen LogP) is 2.50. The summed E-state index contributed by atoms with van der Waals surface area (Å²) in [7, 11) is 0. The number of piperidine rings is 1. The van der Waals surface area contributed by atoms with Crippen molar-refractivity contribution in [1.29, 1.82) is 0 Å². The quantitative estimate of drug-likeness (QED) is 0.660. The van der Waals surface area contributed by atoms with E-state index in [1.807, 2.05) is 0 Å². The number of hydrogen-bond acceptors (Lipinski definition) is 1. The number of rotatable bonds is 3. The fourth-order valence-corrected chi connectivity index (χ4v) is 1.84. The van der Waals surface area contributed by atoms with Gasteiger partial charge in [-0.1, -0.05) is 29.3 Å². The third kappa shape index (κ3) is 3.57. The molecule has 0 aromatic carbocycles. The average molecular weight is 220 g/mol. The van der Waals surface area contributed by atoms with E-state index in [1.165, 1.54) is 38.9 Å². The molecule has 1 nitrogen and oxygen atoms in total. The minimum absolute atomic E-state index is 0.813.